The van der Waals surface area contributed by atoms with Crippen LogP contribution in [0.3, 0.4) is 0 Å². The fourth-order valence-electron chi connectivity index (χ4n) is 1.15. The van der Waals surface area contributed by atoms with E-state index in [0.29, 0.717) is 0 Å². The summed E-state index contributed by atoms with van der Waals surface area (Å²) in [5, 5.41) is 17.5. The van der Waals surface area contributed by atoms with E-state index in [4.69, 9.17) is 10.8 Å². The van der Waals surface area contributed by atoms with Gasteiger partial charge in [0.15, 0.2) is 0 Å². The number of nitrogens with one attached hydrogen (secondary N) is 4. The monoisotopic (exact) mass is 391 g/mol. The molecule has 0 aromatic rings. The van der Waals surface area contributed by atoms with Crippen LogP contribution in [-0.2, 0) is 24.0 Å². The number of amides is 4. The first-order chi connectivity index (χ1) is 12.8. The molecule has 0 spiro atoms. The lowest BCUT2D eigenvalue weighted by Gasteiger charge is -2.10. The Kier molecular flexibility index (Phi) is 21.4. The molecule has 0 aliphatic rings. The highest BCUT2D eigenvalue weighted by Gasteiger charge is 2.13. The second-order valence-corrected chi connectivity index (χ2v) is 4.54. The predicted octanol–water partition coefficient (Wildman–Crippen LogP) is -2.59. The molecule has 0 aliphatic heterocycles. The molecule has 27 heavy (non-hydrogen) atoms. The van der Waals surface area contributed by atoms with E-state index in [2.05, 4.69) is 21.3 Å². The van der Waals surface area contributed by atoms with E-state index >= 15 is 0 Å². The Bertz CT molecular complexity index is 470. The summed E-state index contributed by atoms with van der Waals surface area (Å²) < 4.78 is 0. The summed E-state index contributed by atoms with van der Waals surface area (Å²) in [5.41, 5.74) is 5.22. The topological polar surface area (TPSA) is 180 Å². The maximum atomic E-state index is 11.4. The predicted molar refractivity (Wildman–Crippen MR) is 100 cm³/mol. The van der Waals surface area contributed by atoms with Crippen molar-refractivity contribution in [2.75, 3.05) is 32.8 Å². The first kappa shape index (κ1) is 29.2. The smallest absolute Gasteiger partial charge is 0.239 e. The van der Waals surface area contributed by atoms with Crippen LogP contribution in [0.2, 0.25) is 0 Å². The van der Waals surface area contributed by atoms with Gasteiger partial charge in [0, 0.05) is 0 Å². The standard InChI is InChI=1S/C12H21N5O6.2C2H6/c1-7(19)2-14-9(20)3-15-10(21)4-16-11(22)5-17-12(23)8(13)6-18;2*1-2/h8,18H,2-6,13H2,1H3,(H,14,20)(H,15,21)(H,16,22)(H,17,23);2*1-2H3. The van der Waals surface area contributed by atoms with E-state index < -0.39 is 42.8 Å². The highest BCUT2D eigenvalue weighted by molar-refractivity contribution is 5.91. The zero-order valence-electron chi connectivity index (χ0n) is 16.7. The van der Waals surface area contributed by atoms with Crippen LogP contribution in [0, 0.1) is 0 Å². The average Bonchev–Trinajstić information content (AvgIpc) is 2.69. The maximum absolute atomic E-state index is 11.4. The van der Waals surface area contributed by atoms with Crippen molar-refractivity contribution in [3.63, 3.8) is 0 Å². The summed E-state index contributed by atoms with van der Waals surface area (Å²) in [6, 6.07) is -1.13. The summed E-state index contributed by atoms with van der Waals surface area (Å²) in [6.07, 6.45) is 0. The lowest BCUT2D eigenvalue weighted by molar-refractivity contribution is -0.129. The Labute approximate surface area is 159 Å². The fourth-order valence-corrected chi connectivity index (χ4v) is 1.15. The molecule has 0 heterocycles. The molecule has 11 heteroatoms. The van der Waals surface area contributed by atoms with E-state index in [9.17, 15) is 24.0 Å². The van der Waals surface area contributed by atoms with E-state index in [-0.39, 0.29) is 25.4 Å². The number of nitrogens with two attached hydrogens (primary N) is 1. The van der Waals surface area contributed by atoms with Gasteiger partial charge >= 0.3 is 0 Å². The van der Waals surface area contributed by atoms with Crippen LogP contribution < -0.4 is 27.0 Å². The summed E-state index contributed by atoms with van der Waals surface area (Å²) in [6.45, 7) is 7.51. The Morgan fingerprint density at radius 2 is 1.07 bits per heavy atom. The molecule has 1 unspecified atom stereocenters. The van der Waals surface area contributed by atoms with Crippen LogP contribution in [0.1, 0.15) is 34.6 Å². The largest absolute Gasteiger partial charge is 0.394 e. The summed E-state index contributed by atoms with van der Waals surface area (Å²) in [7, 11) is 0. The molecule has 158 valence electrons. The molecule has 0 bridgehead atoms. The second kappa shape index (κ2) is 19.8. The molecule has 0 saturated heterocycles. The van der Waals surface area contributed by atoms with Crippen molar-refractivity contribution in [3.05, 3.63) is 0 Å². The van der Waals surface area contributed by atoms with Crippen molar-refractivity contribution in [1.29, 1.82) is 0 Å². The molecule has 0 saturated carbocycles. The quantitative estimate of drug-likeness (QED) is 0.236. The van der Waals surface area contributed by atoms with Gasteiger partial charge in [0.2, 0.25) is 23.6 Å². The highest BCUT2D eigenvalue weighted by atomic mass is 16.3. The molecule has 0 aromatic heterocycles. The number of aliphatic hydroxyl groups excluding tert-OH is 1. The van der Waals surface area contributed by atoms with E-state index in [0.717, 1.165) is 0 Å². The minimum Gasteiger partial charge on any atom is -0.394 e. The molecular weight excluding hydrogens is 358 g/mol. The Morgan fingerprint density at radius 1 is 0.741 bits per heavy atom. The Morgan fingerprint density at radius 3 is 1.41 bits per heavy atom. The third-order valence-corrected chi connectivity index (χ3v) is 2.38. The van der Waals surface area contributed by atoms with Gasteiger partial charge in [0.05, 0.1) is 32.8 Å². The van der Waals surface area contributed by atoms with Crippen LogP contribution in [0.5, 0.6) is 0 Å². The highest BCUT2D eigenvalue weighted by Crippen LogP contribution is 1.76. The number of aliphatic hydroxyl groups is 1. The van der Waals surface area contributed by atoms with Crippen molar-refractivity contribution in [2.45, 2.75) is 40.7 Å². The first-order valence-corrected chi connectivity index (χ1v) is 8.70. The fraction of sp³-hybridized carbons (Fsp3) is 0.688. The Hall–Kier alpha value is -2.53. The zero-order valence-corrected chi connectivity index (χ0v) is 16.7. The molecule has 11 nitrogen and oxygen atoms in total. The van der Waals surface area contributed by atoms with Gasteiger partial charge in [-0.05, 0) is 6.92 Å². The van der Waals surface area contributed by atoms with Crippen LogP contribution in [0.4, 0.5) is 0 Å². The molecular formula is C16H33N5O6. The summed E-state index contributed by atoms with van der Waals surface area (Å²) in [5.74, 6) is -2.71. The molecule has 7 N–H and O–H groups in total. The molecule has 1 atom stereocenters. The van der Waals surface area contributed by atoms with Gasteiger partial charge in [-0.3, -0.25) is 24.0 Å². The van der Waals surface area contributed by atoms with Crippen LogP contribution in [0.25, 0.3) is 0 Å². The molecule has 0 rings (SSSR count). The number of hydrogen-bond acceptors (Lipinski definition) is 7. The Balaban J connectivity index is -0.00000134. The number of rotatable bonds is 10. The molecule has 0 radical (unpaired) electrons. The van der Waals surface area contributed by atoms with Crippen molar-refractivity contribution in [2.24, 2.45) is 5.73 Å². The molecule has 0 aromatic carbocycles. The summed E-state index contributed by atoms with van der Waals surface area (Å²) in [4.78, 5) is 55.7. The van der Waals surface area contributed by atoms with Crippen molar-refractivity contribution >= 4 is 29.4 Å². The van der Waals surface area contributed by atoms with Gasteiger partial charge in [-0.2, -0.15) is 0 Å². The summed E-state index contributed by atoms with van der Waals surface area (Å²) >= 11 is 0. The second-order valence-electron chi connectivity index (χ2n) is 4.54. The number of carbonyl (C=O) groups is 5. The lowest BCUT2D eigenvalue weighted by Crippen LogP contribution is -2.48. The van der Waals surface area contributed by atoms with Gasteiger partial charge in [-0.15, -0.1) is 0 Å². The van der Waals surface area contributed by atoms with Crippen LogP contribution in [0.15, 0.2) is 0 Å². The average molecular weight is 391 g/mol. The number of hydrogen-bond donors (Lipinski definition) is 6. The SMILES string of the molecule is CC.CC.CC(=O)CNC(=O)CNC(=O)CNC(=O)CNC(=O)C(N)CO. The molecule has 0 fully saturated rings. The van der Waals surface area contributed by atoms with E-state index in [1.54, 1.807) is 0 Å². The van der Waals surface area contributed by atoms with Crippen LogP contribution >= 0.6 is 0 Å². The van der Waals surface area contributed by atoms with Gasteiger partial charge in [-0.25, -0.2) is 0 Å². The molecule has 4 amide bonds. The van der Waals surface area contributed by atoms with Gasteiger partial charge in [-0.1, -0.05) is 27.7 Å². The third-order valence-electron chi connectivity index (χ3n) is 2.38. The zero-order chi connectivity index (χ0) is 21.8. The number of ketones is 1. The molecule has 0 aliphatic carbocycles. The van der Waals surface area contributed by atoms with Gasteiger partial charge < -0.3 is 32.1 Å². The van der Waals surface area contributed by atoms with Crippen molar-refractivity contribution in [1.82, 2.24) is 21.3 Å². The van der Waals surface area contributed by atoms with Gasteiger partial charge in [0.1, 0.15) is 11.8 Å². The van der Waals surface area contributed by atoms with Gasteiger partial charge in [0.25, 0.3) is 0 Å². The van der Waals surface area contributed by atoms with Crippen LogP contribution in [-0.4, -0.2) is 73.3 Å². The van der Waals surface area contributed by atoms with E-state index in [1.807, 2.05) is 27.7 Å². The van der Waals surface area contributed by atoms with Crippen molar-refractivity contribution in [3.8, 4) is 0 Å². The lowest BCUT2D eigenvalue weighted by atomic mass is 10.3. The van der Waals surface area contributed by atoms with Crippen molar-refractivity contribution < 1.29 is 29.1 Å². The first-order valence-electron chi connectivity index (χ1n) is 8.70. The minimum atomic E-state index is -1.13. The minimum absolute atomic E-state index is 0.124. The van der Waals surface area contributed by atoms with E-state index in [1.165, 1.54) is 6.92 Å². The number of Topliss-reactive ketones (excluding diaryl/α,β-unsaturated/α-hetero) is 1. The maximum Gasteiger partial charge on any atom is 0.239 e. The third kappa shape index (κ3) is 19.6. The normalized spacial score (nSPS) is 9.89. The number of carbonyl (C=O) groups excluding carboxylic acids is 5.